The molecule has 0 aliphatic heterocycles. The van der Waals surface area contributed by atoms with Gasteiger partial charge >= 0.3 is 0 Å². The molecule has 0 radical (unpaired) electrons. The summed E-state index contributed by atoms with van der Waals surface area (Å²) in [4.78, 5) is 25.4. The molecule has 0 heterocycles. The molecule has 0 saturated heterocycles. The first-order chi connectivity index (χ1) is 29.0. The van der Waals surface area contributed by atoms with Crippen LogP contribution in [0.1, 0.15) is 232 Å². The lowest BCUT2D eigenvalue weighted by Crippen LogP contribution is -2.45. The molecule has 0 aliphatic carbocycles. The molecule has 0 aromatic rings. The third kappa shape index (κ3) is 44.8. The van der Waals surface area contributed by atoms with Gasteiger partial charge in [0.25, 0.3) is 7.82 Å². The number of nitrogens with one attached hydrogen (secondary N) is 1. The van der Waals surface area contributed by atoms with Gasteiger partial charge in [-0.15, -0.1) is 0 Å². The molecule has 0 fully saturated rings. The first kappa shape index (κ1) is 58.7. The number of unbranched alkanes of at least 4 members (excludes halogenated alkanes) is 29. The summed E-state index contributed by atoms with van der Waals surface area (Å²) in [5, 5.41) is 13.8. The summed E-state index contributed by atoms with van der Waals surface area (Å²) in [5.74, 6) is -0.204. The van der Waals surface area contributed by atoms with Crippen molar-refractivity contribution >= 4 is 13.7 Å². The smallest absolute Gasteiger partial charge is 0.268 e. The quantitative estimate of drug-likeness (QED) is 0.0273. The Bertz CT molecular complexity index is 1070. The lowest BCUT2D eigenvalue weighted by Gasteiger charge is -2.29. The maximum absolute atomic E-state index is 12.9. The number of allylic oxidation sites excluding steroid dienone is 5. The average molecular weight is 867 g/mol. The highest BCUT2D eigenvalue weighted by Gasteiger charge is 2.23. The van der Waals surface area contributed by atoms with Gasteiger partial charge in [-0.05, 0) is 51.4 Å². The van der Waals surface area contributed by atoms with Gasteiger partial charge in [-0.2, -0.15) is 0 Å². The minimum absolute atomic E-state index is 0.00269. The van der Waals surface area contributed by atoms with Crippen molar-refractivity contribution in [1.29, 1.82) is 0 Å². The van der Waals surface area contributed by atoms with Gasteiger partial charge in [0.05, 0.1) is 39.9 Å². The number of quaternary nitrogens is 1. The van der Waals surface area contributed by atoms with Crippen LogP contribution in [0.5, 0.6) is 0 Å². The molecule has 0 aromatic carbocycles. The highest BCUT2D eigenvalue weighted by atomic mass is 31.2. The van der Waals surface area contributed by atoms with Gasteiger partial charge in [0, 0.05) is 6.42 Å². The predicted octanol–water partition coefficient (Wildman–Crippen LogP) is 14.0. The predicted molar refractivity (Wildman–Crippen MR) is 256 cm³/mol. The number of rotatable bonds is 46. The minimum atomic E-state index is -4.59. The van der Waals surface area contributed by atoms with Crippen LogP contribution in [0, 0.1) is 0 Å². The molecule has 60 heavy (non-hydrogen) atoms. The maximum Gasteiger partial charge on any atom is 0.268 e. The Morgan fingerprint density at radius 1 is 0.583 bits per heavy atom. The summed E-state index contributed by atoms with van der Waals surface area (Å²) in [6.45, 7) is 4.65. The fraction of sp³-hybridized carbons (Fsp3) is 0.863. The first-order valence-electron chi connectivity index (χ1n) is 25.4. The van der Waals surface area contributed by atoms with Crippen LogP contribution < -0.4 is 10.2 Å². The molecule has 3 unspecified atom stereocenters. The molecule has 0 spiro atoms. The van der Waals surface area contributed by atoms with Gasteiger partial charge in [0.2, 0.25) is 5.91 Å². The van der Waals surface area contributed by atoms with Gasteiger partial charge in [-0.25, -0.2) is 0 Å². The molecule has 2 N–H and O–H groups in total. The number of hydrogen-bond donors (Lipinski definition) is 2. The molecular weight excluding hydrogens is 768 g/mol. The van der Waals surface area contributed by atoms with E-state index in [2.05, 4.69) is 43.5 Å². The number of carbonyl (C=O) groups excluding carboxylic acids is 1. The highest BCUT2D eigenvalue weighted by molar-refractivity contribution is 7.45. The molecule has 0 aromatic heterocycles. The van der Waals surface area contributed by atoms with E-state index in [1.165, 1.54) is 161 Å². The zero-order chi connectivity index (χ0) is 44.3. The Kier molecular flexibility index (Phi) is 42.1. The van der Waals surface area contributed by atoms with E-state index in [0.29, 0.717) is 17.4 Å². The van der Waals surface area contributed by atoms with Crippen molar-refractivity contribution < 1.29 is 32.9 Å². The van der Waals surface area contributed by atoms with E-state index in [4.69, 9.17) is 9.05 Å². The molecule has 8 nitrogen and oxygen atoms in total. The molecular formula is C51H99N2O6P. The van der Waals surface area contributed by atoms with E-state index in [1.54, 1.807) is 6.08 Å². The van der Waals surface area contributed by atoms with Crippen LogP contribution in [0.15, 0.2) is 36.5 Å². The largest absolute Gasteiger partial charge is 0.756 e. The van der Waals surface area contributed by atoms with Crippen molar-refractivity contribution in [1.82, 2.24) is 5.32 Å². The van der Waals surface area contributed by atoms with Crippen LogP contribution in [0.4, 0.5) is 0 Å². The van der Waals surface area contributed by atoms with Crippen molar-refractivity contribution in [3.63, 3.8) is 0 Å². The van der Waals surface area contributed by atoms with Crippen molar-refractivity contribution in [2.45, 2.75) is 244 Å². The third-order valence-corrected chi connectivity index (χ3v) is 12.3. The highest BCUT2D eigenvalue weighted by Crippen LogP contribution is 2.38. The van der Waals surface area contributed by atoms with Crippen LogP contribution in [0.2, 0.25) is 0 Å². The Hall–Kier alpha value is -1.28. The van der Waals surface area contributed by atoms with Crippen LogP contribution in [0.3, 0.4) is 0 Å². The lowest BCUT2D eigenvalue weighted by atomic mass is 10.0. The number of nitrogens with zero attached hydrogens (tertiary/aromatic N) is 1. The van der Waals surface area contributed by atoms with E-state index in [9.17, 15) is 19.4 Å². The van der Waals surface area contributed by atoms with E-state index in [-0.39, 0.29) is 19.1 Å². The monoisotopic (exact) mass is 867 g/mol. The molecule has 1 amide bonds. The second kappa shape index (κ2) is 43.0. The zero-order valence-electron chi connectivity index (χ0n) is 40.2. The Morgan fingerprint density at radius 3 is 1.38 bits per heavy atom. The summed E-state index contributed by atoms with van der Waals surface area (Å²) in [6, 6.07) is -0.890. The normalized spacial score (nSPS) is 14.4. The molecule has 0 saturated carbocycles. The van der Waals surface area contributed by atoms with Crippen molar-refractivity contribution in [3.05, 3.63) is 36.5 Å². The molecule has 354 valence electrons. The van der Waals surface area contributed by atoms with Gasteiger partial charge in [0.1, 0.15) is 13.2 Å². The second-order valence-corrected chi connectivity index (χ2v) is 19.9. The topological polar surface area (TPSA) is 108 Å². The molecule has 0 rings (SSSR count). The van der Waals surface area contributed by atoms with Crippen LogP contribution in [-0.4, -0.2) is 68.5 Å². The molecule has 0 bridgehead atoms. The number of aliphatic hydroxyl groups is 1. The first-order valence-corrected chi connectivity index (χ1v) is 26.8. The molecule has 0 aliphatic rings. The second-order valence-electron chi connectivity index (χ2n) is 18.5. The summed E-state index contributed by atoms with van der Waals surface area (Å²) >= 11 is 0. The SMILES string of the molecule is CCCCCCCCCCC/C=C\C/C=C\CCCCCCCCCC(=O)NC(COP(=O)([O-])OCC[N+](C)(C)C)C(O)/C=C/CCCCCCCCCCCCCCC. The fourth-order valence-electron chi connectivity index (χ4n) is 7.30. The average Bonchev–Trinajstić information content (AvgIpc) is 3.20. The van der Waals surface area contributed by atoms with Crippen molar-refractivity contribution in [3.8, 4) is 0 Å². The minimum Gasteiger partial charge on any atom is -0.756 e. The summed E-state index contributed by atoms with van der Waals surface area (Å²) in [6.07, 6.45) is 53.4. The number of phosphoric acid groups is 1. The van der Waals surface area contributed by atoms with Crippen LogP contribution in [0.25, 0.3) is 0 Å². The maximum atomic E-state index is 12.9. The number of hydrogen-bond acceptors (Lipinski definition) is 6. The van der Waals surface area contributed by atoms with Crippen LogP contribution in [-0.2, 0) is 18.4 Å². The Labute approximate surface area is 372 Å². The van der Waals surface area contributed by atoms with Gasteiger partial charge in [-0.3, -0.25) is 9.36 Å². The lowest BCUT2D eigenvalue weighted by molar-refractivity contribution is -0.870. The van der Waals surface area contributed by atoms with Gasteiger partial charge in [-0.1, -0.05) is 211 Å². The number of carbonyl (C=O) groups is 1. The Balaban J connectivity index is 4.30. The molecule has 9 heteroatoms. The van der Waals surface area contributed by atoms with E-state index in [1.807, 2.05) is 27.2 Å². The van der Waals surface area contributed by atoms with E-state index >= 15 is 0 Å². The molecule has 3 atom stereocenters. The van der Waals surface area contributed by atoms with Gasteiger partial charge < -0.3 is 28.8 Å². The number of likely N-dealkylation sites (N-methyl/N-ethyl adjacent to an activating group) is 1. The van der Waals surface area contributed by atoms with Crippen molar-refractivity contribution in [2.24, 2.45) is 0 Å². The summed E-state index contributed by atoms with van der Waals surface area (Å²) in [7, 11) is 1.26. The Morgan fingerprint density at radius 2 is 0.967 bits per heavy atom. The van der Waals surface area contributed by atoms with E-state index in [0.717, 1.165) is 51.4 Å². The fourth-order valence-corrected chi connectivity index (χ4v) is 8.02. The standard InChI is InChI=1S/C51H99N2O6P/c1-6-8-10-12-14-16-18-20-22-23-24-25-26-27-28-29-31-33-35-37-39-41-43-45-51(55)52-49(48-59-60(56,57)58-47-46-53(3,4)5)50(54)44-42-40-38-36-34-32-30-21-19-17-15-13-11-9-7-2/h24-25,27-28,42,44,49-50,54H,6-23,26,29-41,43,45-48H2,1-5H3,(H-,52,55,56,57)/b25-24-,28-27-,44-42+. The number of phosphoric ester groups is 1. The number of amides is 1. The van der Waals surface area contributed by atoms with Crippen molar-refractivity contribution in [2.75, 3.05) is 40.9 Å². The zero-order valence-corrected chi connectivity index (χ0v) is 41.1. The van der Waals surface area contributed by atoms with Crippen LogP contribution >= 0.6 is 7.82 Å². The number of aliphatic hydroxyl groups excluding tert-OH is 1. The van der Waals surface area contributed by atoms with Gasteiger partial charge in [0.15, 0.2) is 0 Å². The summed E-state index contributed by atoms with van der Waals surface area (Å²) in [5.41, 5.74) is 0. The summed E-state index contributed by atoms with van der Waals surface area (Å²) < 4.78 is 23.3. The third-order valence-electron chi connectivity index (χ3n) is 11.3. The van der Waals surface area contributed by atoms with E-state index < -0.39 is 20.0 Å².